The van der Waals surface area contributed by atoms with Gasteiger partial charge < -0.3 is 15.4 Å². The Kier molecular flexibility index (Phi) is 6.04. The van der Waals surface area contributed by atoms with Crippen molar-refractivity contribution >= 4 is 40.9 Å². The molecule has 0 bridgehead atoms. The Morgan fingerprint density at radius 2 is 1.82 bits per heavy atom. The number of carbonyl (C=O) groups excluding carboxylic acids is 3. The SMILES string of the molecule is Cc1cccc(C)c1NC(=O)[C@H](C)OC(=O)C[C@H]1Sc2ccccc2NC1=O. The number of nitrogens with one attached hydrogen (secondary N) is 2. The number of hydrogen-bond donors (Lipinski definition) is 2. The van der Waals surface area contributed by atoms with E-state index in [1.807, 2.05) is 56.3 Å². The molecule has 0 unspecified atom stereocenters. The average Bonchev–Trinajstić information content (AvgIpc) is 2.65. The minimum atomic E-state index is -0.963. The van der Waals surface area contributed by atoms with Gasteiger partial charge in [0.15, 0.2) is 6.10 Å². The summed E-state index contributed by atoms with van der Waals surface area (Å²) in [5, 5.41) is 5.01. The molecule has 2 amide bonds. The zero-order valence-corrected chi connectivity index (χ0v) is 16.8. The van der Waals surface area contributed by atoms with E-state index < -0.39 is 23.2 Å². The van der Waals surface area contributed by atoms with Crippen LogP contribution in [-0.2, 0) is 19.1 Å². The van der Waals surface area contributed by atoms with Crippen LogP contribution in [0.4, 0.5) is 11.4 Å². The molecule has 2 N–H and O–H groups in total. The maximum absolute atomic E-state index is 12.4. The quantitative estimate of drug-likeness (QED) is 0.751. The third-order valence-electron chi connectivity index (χ3n) is 4.47. The summed E-state index contributed by atoms with van der Waals surface area (Å²) in [7, 11) is 0. The number of anilines is 2. The Morgan fingerprint density at radius 3 is 2.54 bits per heavy atom. The molecular formula is C21H22N2O4S. The standard InChI is InChI=1S/C21H22N2O4S/c1-12-7-6-8-13(2)19(12)23-20(25)14(3)27-18(24)11-17-21(26)22-15-9-4-5-10-16(15)28-17/h4-10,14,17H,11H2,1-3H3,(H,22,26)(H,23,25)/t14-,17+/m0/s1. The zero-order chi connectivity index (χ0) is 20.3. The van der Waals surface area contributed by atoms with Crippen molar-refractivity contribution in [2.45, 2.75) is 43.4 Å². The fraction of sp³-hybridized carbons (Fsp3) is 0.286. The second-order valence-corrected chi connectivity index (χ2v) is 7.93. The highest BCUT2D eigenvalue weighted by atomic mass is 32.2. The highest BCUT2D eigenvalue weighted by molar-refractivity contribution is 8.01. The Bertz CT molecular complexity index is 908. The molecule has 1 aliphatic rings. The van der Waals surface area contributed by atoms with E-state index in [9.17, 15) is 14.4 Å². The van der Waals surface area contributed by atoms with Crippen LogP contribution in [0.25, 0.3) is 0 Å². The van der Waals surface area contributed by atoms with Crippen molar-refractivity contribution in [1.82, 2.24) is 0 Å². The molecule has 0 aromatic heterocycles. The predicted molar refractivity (Wildman–Crippen MR) is 109 cm³/mol. The van der Waals surface area contributed by atoms with Gasteiger partial charge in [-0.2, -0.15) is 0 Å². The predicted octanol–water partition coefficient (Wildman–Crippen LogP) is 3.68. The molecule has 0 saturated carbocycles. The molecule has 0 spiro atoms. The van der Waals surface area contributed by atoms with Crippen LogP contribution in [0.1, 0.15) is 24.5 Å². The number of aryl methyl sites for hydroxylation is 2. The number of hydrogen-bond acceptors (Lipinski definition) is 5. The Hall–Kier alpha value is -2.80. The number of esters is 1. The highest BCUT2D eigenvalue weighted by Crippen LogP contribution is 2.36. The van der Waals surface area contributed by atoms with E-state index in [-0.39, 0.29) is 12.3 Å². The van der Waals surface area contributed by atoms with E-state index in [2.05, 4.69) is 10.6 Å². The summed E-state index contributed by atoms with van der Waals surface area (Å²) in [4.78, 5) is 37.8. The Morgan fingerprint density at radius 1 is 1.14 bits per heavy atom. The third-order valence-corrected chi connectivity index (χ3v) is 5.74. The molecule has 2 atom stereocenters. The number of carbonyl (C=O) groups is 3. The van der Waals surface area contributed by atoms with Gasteiger partial charge in [0.1, 0.15) is 0 Å². The molecule has 1 aliphatic heterocycles. The van der Waals surface area contributed by atoms with Crippen LogP contribution in [0, 0.1) is 13.8 Å². The van der Waals surface area contributed by atoms with Crippen molar-refractivity contribution in [2.24, 2.45) is 0 Å². The van der Waals surface area contributed by atoms with Crippen LogP contribution < -0.4 is 10.6 Å². The molecule has 0 fully saturated rings. The fourth-order valence-electron chi connectivity index (χ4n) is 2.91. The average molecular weight is 398 g/mol. The molecule has 0 radical (unpaired) electrons. The van der Waals surface area contributed by atoms with Gasteiger partial charge in [0.25, 0.3) is 5.91 Å². The number of rotatable bonds is 5. The second kappa shape index (κ2) is 8.48. The minimum Gasteiger partial charge on any atom is -0.452 e. The van der Waals surface area contributed by atoms with Crippen molar-refractivity contribution in [1.29, 1.82) is 0 Å². The molecule has 1 heterocycles. The van der Waals surface area contributed by atoms with Crippen LogP contribution in [0.15, 0.2) is 47.4 Å². The van der Waals surface area contributed by atoms with Crippen LogP contribution in [0.3, 0.4) is 0 Å². The minimum absolute atomic E-state index is 0.105. The maximum Gasteiger partial charge on any atom is 0.308 e. The monoisotopic (exact) mass is 398 g/mol. The third kappa shape index (κ3) is 4.54. The van der Waals surface area contributed by atoms with E-state index in [0.717, 1.165) is 21.7 Å². The number of benzene rings is 2. The van der Waals surface area contributed by atoms with Gasteiger partial charge >= 0.3 is 5.97 Å². The topological polar surface area (TPSA) is 84.5 Å². The molecule has 6 nitrogen and oxygen atoms in total. The molecule has 146 valence electrons. The summed E-state index contributed by atoms with van der Waals surface area (Å²) in [6, 6.07) is 13.1. The zero-order valence-electron chi connectivity index (χ0n) is 15.9. The normalized spacial score (nSPS) is 16.5. The first-order valence-corrected chi connectivity index (χ1v) is 9.86. The molecule has 0 saturated heterocycles. The Labute approximate surface area is 168 Å². The first-order valence-electron chi connectivity index (χ1n) is 8.98. The van der Waals surface area contributed by atoms with Crippen molar-refractivity contribution in [2.75, 3.05) is 10.6 Å². The number of ether oxygens (including phenoxy) is 1. The lowest BCUT2D eigenvalue weighted by Gasteiger charge is -2.23. The maximum atomic E-state index is 12.4. The first kappa shape index (κ1) is 19.9. The van der Waals surface area contributed by atoms with Crippen LogP contribution >= 0.6 is 11.8 Å². The number of para-hydroxylation sites is 2. The van der Waals surface area contributed by atoms with Gasteiger partial charge in [0.2, 0.25) is 5.91 Å². The number of fused-ring (bicyclic) bond motifs is 1. The molecule has 2 aromatic rings. The van der Waals surface area contributed by atoms with Gasteiger partial charge in [-0.3, -0.25) is 14.4 Å². The molecule has 0 aliphatic carbocycles. The first-order chi connectivity index (χ1) is 13.3. The van der Waals surface area contributed by atoms with Gasteiger partial charge in [-0.1, -0.05) is 30.3 Å². The second-order valence-electron chi connectivity index (χ2n) is 6.68. The molecule has 2 aromatic carbocycles. The lowest BCUT2D eigenvalue weighted by atomic mass is 10.1. The lowest BCUT2D eigenvalue weighted by molar-refractivity contribution is -0.153. The number of thioether (sulfide) groups is 1. The lowest BCUT2D eigenvalue weighted by Crippen LogP contribution is -2.34. The summed E-state index contributed by atoms with van der Waals surface area (Å²) in [6.45, 7) is 5.32. The molecule has 7 heteroatoms. The van der Waals surface area contributed by atoms with Crippen molar-refractivity contribution < 1.29 is 19.1 Å². The molecular weight excluding hydrogens is 376 g/mol. The van der Waals surface area contributed by atoms with Gasteiger partial charge in [-0.15, -0.1) is 11.8 Å². The van der Waals surface area contributed by atoms with E-state index >= 15 is 0 Å². The van der Waals surface area contributed by atoms with Gasteiger partial charge in [-0.05, 0) is 44.0 Å². The van der Waals surface area contributed by atoms with Crippen molar-refractivity contribution in [3.63, 3.8) is 0 Å². The van der Waals surface area contributed by atoms with Crippen molar-refractivity contribution in [3.05, 3.63) is 53.6 Å². The Balaban J connectivity index is 1.57. The summed E-state index contributed by atoms with van der Waals surface area (Å²) in [6.07, 6.45) is -1.07. The largest absolute Gasteiger partial charge is 0.452 e. The van der Waals surface area contributed by atoms with E-state index in [1.165, 1.54) is 18.7 Å². The van der Waals surface area contributed by atoms with Crippen LogP contribution in [-0.4, -0.2) is 29.1 Å². The van der Waals surface area contributed by atoms with Crippen LogP contribution in [0.5, 0.6) is 0 Å². The van der Waals surface area contributed by atoms with E-state index in [4.69, 9.17) is 4.74 Å². The van der Waals surface area contributed by atoms with Gasteiger partial charge in [0, 0.05) is 10.6 Å². The van der Waals surface area contributed by atoms with Crippen molar-refractivity contribution in [3.8, 4) is 0 Å². The smallest absolute Gasteiger partial charge is 0.308 e. The summed E-state index contributed by atoms with van der Waals surface area (Å²) >= 11 is 1.32. The van der Waals surface area contributed by atoms with Crippen LogP contribution in [0.2, 0.25) is 0 Å². The van der Waals surface area contributed by atoms with E-state index in [1.54, 1.807) is 0 Å². The van der Waals surface area contributed by atoms with Gasteiger partial charge in [-0.25, -0.2) is 0 Å². The van der Waals surface area contributed by atoms with Gasteiger partial charge in [0.05, 0.1) is 17.4 Å². The van der Waals surface area contributed by atoms with E-state index in [0.29, 0.717) is 5.69 Å². The summed E-state index contributed by atoms with van der Waals surface area (Å²) in [5.74, 6) is -1.23. The highest BCUT2D eigenvalue weighted by Gasteiger charge is 2.30. The summed E-state index contributed by atoms with van der Waals surface area (Å²) in [5.41, 5.74) is 3.32. The number of amides is 2. The summed E-state index contributed by atoms with van der Waals surface area (Å²) < 4.78 is 5.26. The molecule has 28 heavy (non-hydrogen) atoms. The fourth-order valence-corrected chi connectivity index (χ4v) is 4.01. The molecule has 3 rings (SSSR count).